The van der Waals surface area contributed by atoms with E-state index in [2.05, 4.69) is 26.6 Å². The molecule has 0 aliphatic carbocycles. The first kappa shape index (κ1) is 13.8. The number of halogens is 2. The predicted octanol–water partition coefficient (Wildman–Crippen LogP) is 2.97. The number of benzene rings is 1. The number of amides is 1. The van der Waals surface area contributed by atoms with Gasteiger partial charge in [-0.25, -0.2) is 0 Å². The SMILES string of the molecule is O=C(NCCC1CCCN1)c1ccc(Br)c(Cl)c1. The van der Waals surface area contributed by atoms with Gasteiger partial charge in [-0.2, -0.15) is 0 Å². The molecule has 0 saturated carbocycles. The summed E-state index contributed by atoms with van der Waals surface area (Å²) in [5, 5.41) is 6.88. The third kappa shape index (κ3) is 3.70. The van der Waals surface area contributed by atoms with Crippen molar-refractivity contribution in [3.8, 4) is 0 Å². The maximum Gasteiger partial charge on any atom is 0.251 e. The molecule has 1 aliphatic heterocycles. The molecular weight excluding hydrogens is 316 g/mol. The van der Waals surface area contributed by atoms with Crippen molar-refractivity contribution in [1.82, 2.24) is 10.6 Å². The van der Waals surface area contributed by atoms with E-state index in [1.807, 2.05) is 0 Å². The lowest BCUT2D eigenvalue weighted by molar-refractivity contribution is 0.0952. The summed E-state index contributed by atoms with van der Waals surface area (Å²) in [4.78, 5) is 11.9. The van der Waals surface area contributed by atoms with Crippen LogP contribution in [0.3, 0.4) is 0 Å². The molecule has 1 aromatic carbocycles. The van der Waals surface area contributed by atoms with E-state index in [-0.39, 0.29) is 5.91 Å². The summed E-state index contributed by atoms with van der Waals surface area (Å²) in [5.74, 6) is -0.0672. The van der Waals surface area contributed by atoms with Gasteiger partial charge < -0.3 is 10.6 Å². The van der Waals surface area contributed by atoms with Crippen LogP contribution in [0.15, 0.2) is 22.7 Å². The summed E-state index contributed by atoms with van der Waals surface area (Å²) in [7, 11) is 0. The molecule has 3 nitrogen and oxygen atoms in total. The van der Waals surface area contributed by atoms with E-state index >= 15 is 0 Å². The highest BCUT2D eigenvalue weighted by Gasteiger charge is 2.14. The second-order valence-corrected chi connectivity index (χ2v) is 5.73. The van der Waals surface area contributed by atoms with Crippen LogP contribution in [0, 0.1) is 0 Å². The van der Waals surface area contributed by atoms with Gasteiger partial charge in [-0.05, 0) is 59.9 Å². The summed E-state index contributed by atoms with van der Waals surface area (Å²) in [5.41, 5.74) is 0.600. The minimum Gasteiger partial charge on any atom is -0.352 e. The van der Waals surface area contributed by atoms with Crippen molar-refractivity contribution in [2.75, 3.05) is 13.1 Å². The molecule has 98 valence electrons. The van der Waals surface area contributed by atoms with Crippen LogP contribution in [0.2, 0.25) is 5.02 Å². The molecule has 1 aromatic rings. The Labute approximate surface area is 120 Å². The Morgan fingerprint density at radius 3 is 3.06 bits per heavy atom. The Balaban J connectivity index is 1.81. The molecule has 1 aliphatic rings. The monoisotopic (exact) mass is 330 g/mol. The molecule has 0 bridgehead atoms. The van der Waals surface area contributed by atoms with Crippen molar-refractivity contribution in [3.05, 3.63) is 33.3 Å². The molecule has 1 heterocycles. The van der Waals surface area contributed by atoms with Gasteiger partial charge >= 0.3 is 0 Å². The van der Waals surface area contributed by atoms with Crippen LogP contribution in [0.25, 0.3) is 0 Å². The van der Waals surface area contributed by atoms with Crippen LogP contribution in [0.5, 0.6) is 0 Å². The predicted molar refractivity (Wildman–Crippen MR) is 77.1 cm³/mol. The van der Waals surface area contributed by atoms with E-state index in [1.54, 1.807) is 18.2 Å². The Hall–Kier alpha value is -0.580. The zero-order valence-electron chi connectivity index (χ0n) is 10.0. The van der Waals surface area contributed by atoms with Crippen LogP contribution >= 0.6 is 27.5 Å². The largest absolute Gasteiger partial charge is 0.352 e. The Kier molecular flexibility index (Phi) is 5.03. The lowest BCUT2D eigenvalue weighted by Crippen LogP contribution is -2.30. The van der Waals surface area contributed by atoms with Crippen LogP contribution in [-0.4, -0.2) is 25.0 Å². The van der Waals surface area contributed by atoms with Gasteiger partial charge in [0.25, 0.3) is 5.91 Å². The molecule has 0 radical (unpaired) electrons. The van der Waals surface area contributed by atoms with E-state index in [0.29, 0.717) is 23.2 Å². The average molecular weight is 332 g/mol. The zero-order chi connectivity index (χ0) is 13.0. The van der Waals surface area contributed by atoms with Gasteiger partial charge in [0, 0.05) is 22.6 Å². The number of carbonyl (C=O) groups is 1. The molecule has 18 heavy (non-hydrogen) atoms. The van der Waals surface area contributed by atoms with E-state index in [1.165, 1.54) is 12.8 Å². The third-order valence-corrected chi connectivity index (χ3v) is 4.36. The lowest BCUT2D eigenvalue weighted by Gasteiger charge is -2.11. The van der Waals surface area contributed by atoms with Gasteiger partial charge in [0.2, 0.25) is 0 Å². The third-order valence-electron chi connectivity index (χ3n) is 3.12. The number of rotatable bonds is 4. The highest BCUT2D eigenvalue weighted by Crippen LogP contribution is 2.23. The number of hydrogen-bond acceptors (Lipinski definition) is 2. The number of hydrogen-bond donors (Lipinski definition) is 2. The fourth-order valence-electron chi connectivity index (χ4n) is 2.10. The Bertz CT molecular complexity index is 433. The first-order valence-corrected chi connectivity index (χ1v) is 7.30. The van der Waals surface area contributed by atoms with Gasteiger partial charge in [0.15, 0.2) is 0 Å². The standard InChI is InChI=1S/C13H16BrClN2O/c14-11-4-3-9(8-12(11)15)13(18)17-7-5-10-2-1-6-16-10/h3-4,8,10,16H,1-2,5-7H2,(H,17,18). The molecule has 2 rings (SSSR count). The fraction of sp³-hybridized carbons (Fsp3) is 0.462. The first-order chi connectivity index (χ1) is 8.66. The molecule has 1 atom stereocenters. The van der Waals surface area contributed by atoms with Gasteiger partial charge in [-0.15, -0.1) is 0 Å². The van der Waals surface area contributed by atoms with E-state index < -0.39 is 0 Å². The second-order valence-electron chi connectivity index (χ2n) is 4.47. The smallest absolute Gasteiger partial charge is 0.251 e. The number of carbonyl (C=O) groups excluding carboxylic acids is 1. The summed E-state index contributed by atoms with van der Waals surface area (Å²) in [6.07, 6.45) is 3.43. The molecule has 1 amide bonds. The quantitative estimate of drug-likeness (QED) is 0.890. The summed E-state index contributed by atoms with van der Waals surface area (Å²) in [6.45, 7) is 1.80. The van der Waals surface area contributed by atoms with Crippen molar-refractivity contribution >= 4 is 33.4 Å². The van der Waals surface area contributed by atoms with Crippen LogP contribution in [0.1, 0.15) is 29.6 Å². The Morgan fingerprint density at radius 2 is 2.39 bits per heavy atom. The van der Waals surface area contributed by atoms with Crippen molar-refractivity contribution in [1.29, 1.82) is 0 Å². The molecule has 5 heteroatoms. The lowest BCUT2D eigenvalue weighted by atomic mass is 10.1. The van der Waals surface area contributed by atoms with Crippen molar-refractivity contribution in [2.24, 2.45) is 0 Å². The van der Waals surface area contributed by atoms with Crippen LogP contribution in [-0.2, 0) is 0 Å². The van der Waals surface area contributed by atoms with E-state index in [9.17, 15) is 4.79 Å². The molecule has 0 spiro atoms. The summed E-state index contributed by atoms with van der Waals surface area (Å²) < 4.78 is 0.802. The van der Waals surface area contributed by atoms with Gasteiger partial charge in [-0.3, -0.25) is 4.79 Å². The van der Waals surface area contributed by atoms with Crippen LogP contribution < -0.4 is 10.6 Å². The topological polar surface area (TPSA) is 41.1 Å². The van der Waals surface area contributed by atoms with E-state index in [0.717, 1.165) is 17.4 Å². The molecule has 1 unspecified atom stereocenters. The van der Waals surface area contributed by atoms with Crippen molar-refractivity contribution < 1.29 is 4.79 Å². The normalized spacial score (nSPS) is 18.9. The summed E-state index contributed by atoms with van der Waals surface area (Å²) >= 11 is 9.26. The van der Waals surface area contributed by atoms with Gasteiger partial charge in [0.05, 0.1) is 5.02 Å². The van der Waals surface area contributed by atoms with E-state index in [4.69, 9.17) is 11.6 Å². The fourth-order valence-corrected chi connectivity index (χ4v) is 2.53. The van der Waals surface area contributed by atoms with Crippen molar-refractivity contribution in [3.63, 3.8) is 0 Å². The molecule has 1 saturated heterocycles. The van der Waals surface area contributed by atoms with Crippen LogP contribution in [0.4, 0.5) is 0 Å². The van der Waals surface area contributed by atoms with Crippen molar-refractivity contribution in [2.45, 2.75) is 25.3 Å². The zero-order valence-corrected chi connectivity index (χ0v) is 12.4. The molecule has 1 fully saturated rings. The van der Waals surface area contributed by atoms with Gasteiger partial charge in [0.1, 0.15) is 0 Å². The van der Waals surface area contributed by atoms with Gasteiger partial charge in [-0.1, -0.05) is 11.6 Å². The molecule has 0 aromatic heterocycles. The molecule has 2 N–H and O–H groups in total. The maximum absolute atomic E-state index is 11.9. The highest BCUT2D eigenvalue weighted by atomic mass is 79.9. The number of nitrogens with one attached hydrogen (secondary N) is 2. The Morgan fingerprint density at radius 1 is 1.56 bits per heavy atom. The minimum atomic E-state index is -0.0672. The minimum absolute atomic E-state index is 0.0672. The maximum atomic E-state index is 11.9. The second kappa shape index (κ2) is 6.55. The first-order valence-electron chi connectivity index (χ1n) is 6.13. The summed E-state index contributed by atoms with van der Waals surface area (Å²) in [6, 6.07) is 5.78. The average Bonchev–Trinajstić information content (AvgIpc) is 2.85. The molecular formula is C13H16BrClN2O. The highest BCUT2D eigenvalue weighted by molar-refractivity contribution is 9.10.